The highest BCUT2D eigenvalue weighted by Gasteiger charge is 2.33. The fourth-order valence-electron chi connectivity index (χ4n) is 2.37. The van der Waals surface area contributed by atoms with Crippen LogP contribution in [0, 0.1) is 5.82 Å². The molecular weight excluding hydrogens is 263 g/mol. The molecule has 2 N–H and O–H groups in total. The standard InChI is InChI=1S/C14H17FN2O3/c15-11-5-2-1-4-10(11)7-8-16-14(20)17-9-3-6-12(17)13(18)19/h1-2,4-5,12H,3,6-9H2,(H,16,20)(H,18,19)/t12-/m0/s1. The van der Waals surface area contributed by atoms with Crippen molar-refractivity contribution >= 4 is 12.0 Å². The molecule has 1 atom stereocenters. The van der Waals surface area contributed by atoms with Crippen molar-refractivity contribution in [3.63, 3.8) is 0 Å². The number of benzene rings is 1. The van der Waals surface area contributed by atoms with E-state index in [0.29, 0.717) is 31.4 Å². The normalized spacial score (nSPS) is 18.1. The number of hydrogen-bond acceptors (Lipinski definition) is 2. The zero-order valence-corrected chi connectivity index (χ0v) is 11.0. The Balaban J connectivity index is 1.84. The summed E-state index contributed by atoms with van der Waals surface area (Å²) in [4.78, 5) is 24.2. The summed E-state index contributed by atoms with van der Waals surface area (Å²) < 4.78 is 13.4. The predicted octanol–water partition coefficient (Wildman–Crippen LogP) is 1.63. The van der Waals surface area contributed by atoms with E-state index in [4.69, 9.17) is 5.11 Å². The van der Waals surface area contributed by atoms with Crippen LogP contribution in [-0.2, 0) is 11.2 Å². The van der Waals surface area contributed by atoms with Gasteiger partial charge in [0.2, 0.25) is 0 Å². The number of rotatable bonds is 4. The Morgan fingerprint density at radius 1 is 1.40 bits per heavy atom. The SMILES string of the molecule is O=C(O)[C@@H]1CCCN1C(=O)NCCc1ccccc1F. The third-order valence-corrected chi connectivity index (χ3v) is 3.43. The molecule has 2 amide bonds. The Bertz CT molecular complexity index is 507. The number of aliphatic carboxylic acids is 1. The fraction of sp³-hybridized carbons (Fsp3) is 0.429. The van der Waals surface area contributed by atoms with Crippen LogP contribution in [0.25, 0.3) is 0 Å². The lowest BCUT2D eigenvalue weighted by atomic mass is 10.1. The van der Waals surface area contributed by atoms with E-state index in [0.717, 1.165) is 0 Å². The molecule has 108 valence electrons. The maximum absolute atomic E-state index is 13.4. The Labute approximate surface area is 116 Å². The van der Waals surface area contributed by atoms with Crippen LogP contribution >= 0.6 is 0 Å². The van der Waals surface area contributed by atoms with E-state index in [1.165, 1.54) is 11.0 Å². The van der Waals surface area contributed by atoms with Gasteiger partial charge in [0.1, 0.15) is 11.9 Å². The number of carbonyl (C=O) groups is 2. The van der Waals surface area contributed by atoms with Crippen LogP contribution in [0.15, 0.2) is 24.3 Å². The van der Waals surface area contributed by atoms with Crippen LogP contribution in [0.3, 0.4) is 0 Å². The molecule has 1 aromatic carbocycles. The molecule has 2 rings (SSSR count). The summed E-state index contributed by atoms with van der Waals surface area (Å²) in [7, 11) is 0. The molecule has 0 spiro atoms. The van der Waals surface area contributed by atoms with Crippen LogP contribution in [0.4, 0.5) is 9.18 Å². The summed E-state index contributed by atoms with van der Waals surface area (Å²) in [6.07, 6.45) is 1.55. The minimum Gasteiger partial charge on any atom is -0.480 e. The highest BCUT2D eigenvalue weighted by molar-refractivity contribution is 5.83. The van der Waals surface area contributed by atoms with Gasteiger partial charge >= 0.3 is 12.0 Å². The number of carboxylic acid groups (broad SMARTS) is 1. The van der Waals surface area contributed by atoms with Gasteiger partial charge in [0, 0.05) is 13.1 Å². The number of hydrogen-bond donors (Lipinski definition) is 2. The second kappa shape index (κ2) is 6.36. The molecule has 0 aromatic heterocycles. The monoisotopic (exact) mass is 280 g/mol. The minimum absolute atomic E-state index is 0.280. The summed E-state index contributed by atoms with van der Waals surface area (Å²) in [5.41, 5.74) is 0.531. The number of halogens is 1. The van der Waals surface area contributed by atoms with Gasteiger partial charge in [0.15, 0.2) is 0 Å². The van der Waals surface area contributed by atoms with Crippen molar-refractivity contribution < 1.29 is 19.1 Å². The van der Waals surface area contributed by atoms with E-state index in [-0.39, 0.29) is 12.4 Å². The summed E-state index contributed by atoms with van der Waals surface area (Å²) in [5.74, 6) is -1.28. The first-order chi connectivity index (χ1) is 9.59. The molecule has 1 heterocycles. The third kappa shape index (κ3) is 3.26. The van der Waals surface area contributed by atoms with Crippen molar-refractivity contribution in [1.29, 1.82) is 0 Å². The summed E-state index contributed by atoms with van der Waals surface area (Å²) >= 11 is 0. The van der Waals surface area contributed by atoms with Crippen LogP contribution in [0.5, 0.6) is 0 Å². The summed E-state index contributed by atoms with van der Waals surface area (Å²) in [6, 6.07) is 5.24. The molecular formula is C14H17FN2O3. The second-order valence-corrected chi connectivity index (χ2v) is 4.76. The molecule has 6 heteroatoms. The van der Waals surface area contributed by atoms with E-state index in [1.807, 2.05) is 0 Å². The maximum atomic E-state index is 13.4. The quantitative estimate of drug-likeness (QED) is 0.880. The lowest BCUT2D eigenvalue weighted by Crippen LogP contribution is -2.46. The van der Waals surface area contributed by atoms with Gasteiger partial charge in [0.05, 0.1) is 0 Å². The van der Waals surface area contributed by atoms with Crippen molar-refractivity contribution in [1.82, 2.24) is 10.2 Å². The van der Waals surface area contributed by atoms with Crippen LogP contribution in [0.2, 0.25) is 0 Å². The molecule has 0 unspecified atom stereocenters. The van der Waals surface area contributed by atoms with Crippen LogP contribution in [0.1, 0.15) is 18.4 Å². The van der Waals surface area contributed by atoms with Gasteiger partial charge in [-0.1, -0.05) is 18.2 Å². The molecule has 1 fully saturated rings. The highest BCUT2D eigenvalue weighted by Crippen LogP contribution is 2.17. The zero-order valence-electron chi connectivity index (χ0n) is 11.0. The number of carboxylic acids is 1. The Kier molecular flexibility index (Phi) is 4.55. The van der Waals surface area contributed by atoms with Gasteiger partial charge < -0.3 is 15.3 Å². The topological polar surface area (TPSA) is 69.6 Å². The van der Waals surface area contributed by atoms with E-state index in [1.54, 1.807) is 18.2 Å². The smallest absolute Gasteiger partial charge is 0.326 e. The fourth-order valence-corrected chi connectivity index (χ4v) is 2.37. The first-order valence-corrected chi connectivity index (χ1v) is 6.60. The van der Waals surface area contributed by atoms with E-state index in [2.05, 4.69) is 5.32 Å². The molecule has 0 radical (unpaired) electrons. The largest absolute Gasteiger partial charge is 0.480 e. The van der Waals surface area contributed by atoms with Crippen molar-refractivity contribution in [3.8, 4) is 0 Å². The average Bonchev–Trinajstić information content (AvgIpc) is 2.90. The van der Waals surface area contributed by atoms with Gasteiger partial charge in [-0.3, -0.25) is 0 Å². The van der Waals surface area contributed by atoms with Gasteiger partial charge in [0.25, 0.3) is 0 Å². The first-order valence-electron chi connectivity index (χ1n) is 6.60. The number of nitrogens with zero attached hydrogens (tertiary/aromatic N) is 1. The van der Waals surface area contributed by atoms with Gasteiger partial charge in [-0.05, 0) is 30.9 Å². The average molecular weight is 280 g/mol. The van der Waals surface area contributed by atoms with Gasteiger partial charge in [-0.25, -0.2) is 14.0 Å². The first kappa shape index (κ1) is 14.3. The Morgan fingerprint density at radius 2 is 2.15 bits per heavy atom. The molecule has 0 bridgehead atoms. The second-order valence-electron chi connectivity index (χ2n) is 4.76. The molecule has 1 saturated heterocycles. The Hall–Kier alpha value is -2.11. The number of nitrogens with one attached hydrogen (secondary N) is 1. The predicted molar refractivity (Wildman–Crippen MR) is 70.9 cm³/mol. The van der Waals surface area contributed by atoms with Gasteiger partial charge in [-0.2, -0.15) is 0 Å². The van der Waals surface area contributed by atoms with Crippen LogP contribution in [-0.4, -0.2) is 41.1 Å². The lowest BCUT2D eigenvalue weighted by Gasteiger charge is -2.21. The molecule has 1 aliphatic heterocycles. The highest BCUT2D eigenvalue weighted by atomic mass is 19.1. The minimum atomic E-state index is -0.980. The van der Waals surface area contributed by atoms with Gasteiger partial charge in [-0.15, -0.1) is 0 Å². The van der Waals surface area contributed by atoms with E-state index in [9.17, 15) is 14.0 Å². The molecule has 1 aliphatic rings. The van der Waals surface area contributed by atoms with Crippen molar-refractivity contribution in [2.24, 2.45) is 0 Å². The molecule has 0 saturated carbocycles. The zero-order chi connectivity index (χ0) is 14.5. The number of amides is 2. The van der Waals surface area contributed by atoms with Crippen molar-refractivity contribution in [3.05, 3.63) is 35.6 Å². The summed E-state index contributed by atoms with van der Waals surface area (Å²) in [6.45, 7) is 0.727. The lowest BCUT2D eigenvalue weighted by molar-refractivity contribution is -0.141. The maximum Gasteiger partial charge on any atom is 0.326 e. The third-order valence-electron chi connectivity index (χ3n) is 3.43. The van der Waals surface area contributed by atoms with Crippen LogP contribution < -0.4 is 5.32 Å². The van der Waals surface area contributed by atoms with E-state index >= 15 is 0 Å². The number of carbonyl (C=O) groups excluding carboxylic acids is 1. The molecule has 5 nitrogen and oxygen atoms in total. The molecule has 1 aromatic rings. The molecule has 0 aliphatic carbocycles. The summed E-state index contributed by atoms with van der Waals surface area (Å²) in [5, 5.41) is 11.6. The number of urea groups is 1. The van der Waals surface area contributed by atoms with E-state index < -0.39 is 18.0 Å². The molecule has 20 heavy (non-hydrogen) atoms. The Morgan fingerprint density at radius 3 is 2.85 bits per heavy atom. The van der Waals surface area contributed by atoms with Crippen molar-refractivity contribution in [2.75, 3.05) is 13.1 Å². The van der Waals surface area contributed by atoms with Crippen molar-refractivity contribution in [2.45, 2.75) is 25.3 Å². The number of likely N-dealkylation sites (tertiary alicyclic amines) is 1.